The average molecular weight is 238 g/mol. The minimum atomic E-state index is -0.140. The topological polar surface area (TPSA) is 63.0 Å². The molecule has 1 N–H and O–H groups in total. The largest absolute Gasteiger partial charge is 0.269 e. The molecule has 6 heteroatoms. The van der Waals surface area contributed by atoms with Gasteiger partial charge in [-0.2, -0.15) is 0 Å². The quantitative estimate of drug-likeness (QED) is 0.763. The number of H-pyrrole nitrogens is 1. The summed E-state index contributed by atoms with van der Waals surface area (Å²) in [5.41, 5.74) is 0.542. The predicted octanol–water partition coefficient (Wildman–Crippen LogP) is 1.44. The van der Waals surface area contributed by atoms with Crippen LogP contribution in [0.1, 0.15) is 26.5 Å². The van der Waals surface area contributed by atoms with Gasteiger partial charge in [0.05, 0.1) is 5.69 Å². The SMILES string of the molecule is CSc1n[nH]c2nc(C(C)(C)C)cc(=O)n12. The molecule has 5 nitrogen and oxygen atoms in total. The van der Waals surface area contributed by atoms with Crippen LogP contribution in [0.3, 0.4) is 0 Å². The number of thioether (sulfide) groups is 1. The highest BCUT2D eigenvalue weighted by Gasteiger charge is 2.18. The summed E-state index contributed by atoms with van der Waals surface area (Å²) in [4.78, 5) is 16.3. The zero-order valence-corrected chi connectivity index (χ0v) is 10.6. The van der Waals surface area contributed by atoms with Crippen LogP contribution in [0.2, 0.25) is 0 Å². The van der Waals surface area contributed by atoms with Crippen LogP contribution in [0.4, 0.5) is 0 Å². The van der Waals surface area contributed by atoms with Crippen LogP contribution in [0.15, 0.2) is 16.0 Å². The smallest absolute Gasteiger partial charge is 0.261 e. The second kappa shape index (κ2) is 3.62. The van der Waals surface area contributed by atoms with Crippen LogP contribution < -0.4 is 5.56 Å². The van der Waals surface area contributed by atoms with Crippen molar-refractivity contribution in [2.75, 3.05) is 6.26 Å². The first kappa shape index (κ1) is 11.2. The lowest BCUT2D eigenvalue weighted by molar-refractivity contribution is 0.566. The number of aromatic amines is 1. The molecule has 0 aliphatic heterocycles. The Bertz CT molecular complexity index is 578. The van der Waals surface area contributed by atoms with Crippen molar-refractivity contribution in [3.05, 3.63) is 22.1 Å². The molecule has 0 aromatic carbocycles. The van der Waals surface area contributed by atoms with Crippen LogP contribution in [0.25, 0.3) is 5.78 Å². The lowest BCUT2D eigenvalue weighted by Crippen LogP contribution is -2.21. The summed E-state index contributed by atoms with van der Waals surface area (Å²) in [5.74, 6) is 0.502. The Morgan fingerprint density at radius 2 is 2.12 bits per heavy atom. The first-order chi connectivity index (χ1) is 7.43. The molecule has 0 amide bonds. The Hall–Kier alpha value is -1.30. The zero-order valence-electron chi connectivity index (χ0n) is 9.74. The summed E-state index contributed by atoms with van der Waals surface area (Å²) >= 11 is 1.41. The maximum atomic E-state index is 11.9. The van der Waals surface area contributed by atoms with E-state index in [1.165, 1.54) is 16.2 Å². The molecule has 0 aliphatic rings. The Kier molecular flexibility index (Phi) is 2.53. The second-order valence-electron chi connectivity index (χ2n) is 4.60. The van der Waals surface area contributed by atoms with E-state index in [1.54, 1.807) is 6.07 Å². The van der Waals surface area contributed by atoms with Gasteiger partial charge in [-0.15, -0.1) is 5.10 Å². The van der Waals surface area contributed by atoms with E-state index in [4.69, 9.17) is 0 Å². The van der Waals surface area contributed by atoms with Crippen molar-refractivity contribution < 1.29 is 0 Å². The van der Waals surface area contributed by atoms with Crippen molar-refractivity contribution >= 4 is 17.5 Å². The van der Waals surface area contributed by atoms with E-state index in [1.807, 2.05) is 27.0 Å². The van der Waals surface area contributed by atoms with Crippen LogP contribution in [0, 0.1) is 0 Å². The van der Waals surface area contributed by atoms with Crippen LogP contribution in [-0.2, 0) is 5.41 Å². The van der Waals surface area contributed by atoms with Crippen LogP contribution in [-0.4, -0.2) is 25.8 Å². The van der Waals surface area contributed by atoms with E-state index >= 15 is 0 Å². The molecular formula is C10H14N4OS. The molecule has 0 spiro atoms. The first-order valence-corrected chi connectivity index (χ1v) is 6.18. The molecule has 0 saturated carbocycles. The Morgan fingerprint density at radius 3 is 2.69 bits per heavy atom. The molecule has 0 aliphatic carbocycles. The van der Waals surface area contributed by atoms with Crippen molar-refractivity contribution in [1.82, 2.24) is 19.6 Å². The second-order valence-corrected chi connectivity index (χ2v) is 5.37. The number of hydrogen-bond acceptors (Lipinski definition) is 4. The molecule has 0 radical (unpaired) electrons. The summed E-state index contributed by atoms with van der Waals surface area (Å²) in [7, 11) is 0. The summed E-state index contributed by atoms with van der Waals surface area (Å²) in [6, 6.07) is 1.57. The number of hydrogen-bond donors (Lipinski definition) is 1. The van der Waals surface area contributed by atoms with Gasteiger partial charge in [0.15, 0.2) is 5.16 Å². The van der Waals surface area contributed by atoms with E-state index in [9.17, 15) is 4.79 Å². The van der Waals surface area contributed by atoms with Gasteiger partial charge in [0.2, 0.25) is 5.78 Å². The number of rotatable bonds is 1. The van der Waals surface area contributed by atoms with E-state index in [-0.39, 0.29) is 11.0 Å². The molecular weight excluding hydrogens is 224 g/mol. The van der Waals surface area contributed by atoms with E-state index in [2.05, 4.69) is 15.2 Å². The van der Waals surface area contributed by atoms with Crippen molar-refractivity contribution in [3.8, 4) is 0 Å². The van der Waals surface area contributed by atoms with E-state index < -0.39 is 0 Å². The Balaban J connectivity index is 2.76. The first-order valence-electron chi connectivity index (χ1n) is 4.96. The number of fused-ring (bicyclic) bond motifs is 1. The van der Waals surface area contributed by atoms with Crippen molar-refractivity contribution in [2.24, 2.45) is 0 Å². The normalized spacial score (nSPS) is 12.2. The lowest BCUT2D eigenvalue weighted by atomic mass is 9.92. The van der Waals surface area contributed by atoms with Gasteiger partial charge in [-0.3, -0.25) is 4.79 Å². The van der Waals surface area contributed by atoms with Crippen molar-refractivity contribution in [3.63, 3.8) is 0 Å². The van der Waals surface area contributed by atoms with Gasteiger partial charge in [0.1, 0.15) is 0 Å². The maximum Gasteiger partial charge on any atom is 0.261 e. The predicted molar refractivity (Wildman–Crippen MR) is 64.1 cm³/mol. The fourth-order valence-corrected chi connectivity index (χ4v) is 1.91. The van der Waals surface area contributed by atoms with Gasteiger partial charge < -0.3 is 0 Å². The summed E-state index contributed by atoms with van der Waals surface area (Å²) in [5, 5.41) is 7.44. The highest BCUT2D eigenvalue weighted by molar-refractivity contribution is 7.98. The van der Waals surface area contributed by atoms with Gasteiger partial charge in [0.25, 0.3) is 5.56 Å². The zero-order chi connectivity index (χ0) is 11.9. The highest BCUT2D eigenvalue weighted by Crippen LogP contribution is 2.19. The molecule has 0 atom stereocenters. The van der Waals surface area contributed by atoms with Crippen LogP contribution in [0.5, 0.6) is 0 Å². The molecule has 16 heavy (non-hydrogen) atoms. The third-order valence-electron chi connectivity index (χ3n) is 2.31. The lowest BCUT2D eigenvalue weighted by Gasteiger charge is -2.16. The fraction of sp³-hybridized carbons (Fsp3) is 0.500. The van der Waals surface area contributed by atoms with Gasteiger partial charge in [-0.05, 0) is 6.26 Å². The Labute approximate surface area is 97.3 Å². The van der Waals surface area contributed by atoms with Gasteiger partial charge in [0, 0.05) is 11.5 Å². The fourth-order valence-electron chi connectivity index (χ4n) is 1.41. The molecule has 2 rings (SSSR count). The van der Waals surface area contributed by atoms with Gasteiger partial charge >= 0.3 is 0 Å². The van der Waals surface area contributed by atoms with Gasteiger partial charge in [-0.1, -0.05) is 32.5 Å². The van der Waals surface area contributed by atoms with Crippen LogP contribution >= 0.6 is 11.8 Å². The summed E-state index contributed by atoms with van der Waals surface area (Å²) < 4.78 is 1.49. The molecule has 0 bridgehead atoms. The summed E-state index contributed by atoms with van der Waals surface area (Å²) in [6.45, 7) is 6.07. The number of nitrogens with one attached hydrogen (secondary N) is 1. The average Bonchev–Trinajstić information content (AvgIpc) is 2.59. The maximum absolute atomic E-state index is 11.9. The van der Waals surface area contributed by atoms with E-state index in [0.717, 1.165) is 5.69 Å². The number of nitrogens with zero attached hydrogens (tertiary/aromatic N) is 3. The van der Waals surface area contributed by atoms with Gasteiger partial charge in [-0.25, -0.2) is 14.5 Å². The molecule has 0 fully saturated rings. The Morgan fingerprint density at radius 1 is 1.44 bits per heavy atom. The third-order valence-corrected chi connectivity index (χ3v) is 2.95. The van der Waals surface area contributed by atoms with E-state index in [0.29, 0.717) is 10.9 Å². The third kappa shape index (κ3) is 1.73. The molecule has 0 saturated heterocycles. The minimum absolute atomic E-state index is 0.0898. The standard InChI is InChI=1S/C10H14N4OS/c1-10(2,3)6-5-7(15)14-8(11-6)12-13-9(14)16-4/h5H,1-4H3,(H,11,12). The van der Waals surface area contributed by atoms with Crippen molar-refractivity contribution in [2.45, 2.75) is 31.3 Å². The molecule has 2 aromatic heterocycles. The monoisotopic (exact) mass is 238 g/mol. The molecule has 2 aromatic rings. The van der Waals surface area contributed by atoms with Crippen molar-refractivity contribution in [1.29, 1.82) is 0 Å². The summed E-state index contributed by atoms with van der Waals surface area (Å²) in [6.07, 6.45) is 1.87. The molecule has 2 heterocycles. The molecule has 86 valence electrons. The molecule has 0 unspecified atom stereocenters. The minimum Gasteiger partial charge on any atom is -0.269 e. The highest BCUT2D eigenvalue weighted by atomic mass is 32.2. The number of aromatic nitrogens is 4.